The van der Waals surface area contributed by atoms with Gasteiger partial charge < -0.3 is 10.2 Å². The van der Waals surface area contributed by atoms with Crippen molar-refractivity contribution < 1.29 is 22.4 Å². The van der Waals surface area contributed by atoms with E-state index in [-0.39, 0.29) is 22.3 Å². The van der Waals surface area contributed by atoms with Crippen LogP contribution in [0.2, 0.25) is 10.0 Å². The minimum absolute atomic E-state index is 0.144. The van der Waals surface area contributed by atoms with Gasteiger partial charge in [0.05, 0.1) is 11.9 Å². The third-order valence-corrected chi connectivity index (χ3v) is 7.02. The van der Waals surface area contributed by atoms with Crippen LogP contribution in [0, 0.1) is 5.82 Å². The third kappa shape index (κ3) is 7.32. The molecule has 2 aromatic rings. The summed E-state index contributed by atoms with van der Waals surface area (Å²) in [6.45, 7) is 3.08. The summed E-state index contributed by atoms with van der Waals surface area (Å²) >= 11 is 12.6. The average molecular weight is 532 g/mol. The lowest BCUT2D eigenvalue weighted by Crippen LogP contribution is -2.51. The van der Waals surface area contributed by atoms with Gasteiger partial charge in [-0.25, -0.2) is 12.8 Å². The van der Waals surface area contributed by atoms with Crippen molar-refractivity contribution in [3.63, 3.8) is 0 Å². The van der Waals surface area contributed by atoms with Crippen molar-refractivity contribution >= 4 is 50.7 Å². The van der Waals surface area contributed by atoms with Crippen LogP contribution >= 0.6 is 23.2 Å². The van der Waals surface area contributed by atoms with Crippen LogP contribution in [-0.2, 0) is 26.2 Å². The fourth-order valence-electron chi connectivity index (χ4n) is 3.22. The normalized spacial score (nSPS) is 12.2. The topological polar surface area (TPSA) is 86.8 Å². The number of hydrogen-bond acceptors (Lipinski definition) is 4. The van der Waals surface area contributed by atoms with Crippen LogP contribution in [0.1, 0.15) is 32.3 Å². The first kappa shape index (κ1) is 27.9. The van der Waals surface area contributed by atoms with Gasteiger partial charge in [-0.05, 0) is 37.6 Å². The molecule has 0 radical (unpaired) electrons. The van der Waals surface area contributed by atoms with Gasteiger partial charge in [0.15, 0.2) is 0 Å². The standard InChI is InChI=1S/C23H28Cl2FN3O4S/c1-4-5-13-27-23(31)16(2)28(14-17-18(24)9-8-10-19(17)25)22(30)15-29(34(3,32)33)21-12-7-6-11-20(21)26/h6-12,16H,4-5,13-15H2,1-3H3,(H,27,31)/t16-/m1/s1. The van der Waals surface area contributed by atoms with E-state index in [4.69, 9.17) is 23.2 Å². The van der Waals surface area contributed by atoms with Crippen molar-refractivity contribution in [1.82, 2.24) is 10.2 Å². The SMILES string of the molecule is CCCCNC(=O)[C@@H](C)N(Cc1c(Cl)cccc1Cl)C(=O)CN(c1ccccc1F)S(C)(=O)=O. The van der Waals surface area contributed by atoms with Crippen LogP contribution in [-0.4, -0.2) is 50.5 Å². The number of halogens is 3. The maximum absolute atomic E-state index is 14.4. The lowest BCUT2D eigenvalue weighted by Gasteiger charge is -2.32. The van der Waals surface area contributed by atoms with Crippen LogP contribution in [0.25, 0.3) is 0 Å². The number of nitrogens with one attached hydrogen (secondary N) is 1. The van der Waals surface area contributed by atoms with E-state index in [1.54, 1.807) is 18.2 Å². The minimum atomic E-state index is -4.03. The Bertz CT molecular complexity index is 1110. The molecule has 0 heterocycles. The summed E-state index contributed by atoms with van der Waals surface area (Å²) in [6, 6.07) is 9.10. The van der Waals surface area contributed by atoms with Gasteiger partial charge in [-0.2, -0.15) is 0 Å². The quantitative estimate of drug-likeness (QED) is 0.439. The van der Waals surface area contributed by atoms with Gasteiger partial charge in [0.2, 0.25) is 21.8 Å². The minimum Gasteiger partial charge on any atom is -0.354 e. The molecule has 2 rings (SSSR count). The number of unbranched alkanes of at least 4 members (excludes halogenated alkanes) is 1. The number of nitrogens with zero attached hydrogens (tertiary/aromatic N) is 2. The van der Waals surface area contributed by atoms with Crippen LogP contribution in [0.4, 0.5) is 10.1 Å². The second-order valence-electron chi connectivity index (χ2n) is 7.76. The summed E-state index contributed by atoms with van der Waals surface area (Å²) < 4.78 is 40.0. The monoisotopic (exact) mass is 531 g/mol. The molecule has 0 unspecified atom stereocenters. The van der Waals surface area contributed by atoms with Gasteiger partial charge in [0.1, 0.15) is 18.4 Å². The van der Waals surface area contributed by atoms with Crippen LogP contribution in [0.3, 0.4) is 0 Å². The maximum Gasteiger partial charge on any atom is 0.244 e. The first-order valence-corrected chi connectivity index (χ1v) is 13.3. The highest BCUT2D eigenvalue weighted by Gasteiger charge is 2.31. The number of sulfonamides is 1. The first-order valence-electron chi connectivity index (χ1n) is 10.7. The molecule has 2 aromatic carbocycles. The molecule has 34 heavy (non-hydrogen) atoms. The number of carbonyl (C=O) groups excluding carboxylic acids is 2. The van der Waals surface area contributed by atoms with E-state index in [2.05, 4.69) is 5.32 Å². The molecule has 1 N–H and O–H groups in total. The smallest absolute Gasteiger partial charge is 0.244 e. The highest BCUT2D eigenvalue weighted by atomic mass is 35.5. The van der Waals surface area contributed by atoms with Crippen LogP contribution in [0.15, 0.2) is 42.5 Å². The van der Waals surface area contributed by atoms with Crippen LogP contribution < -0.4 is 9.62 Å². The fraction of sp³-hybridized carbons (Fsp3) is 0.391. The largest absolute Gasteiger partial charge is 0.354 e. The van der Waals surface area contributed by atoms with Crippen molar-refractivity contribution in [1.29, 1.82) is 0 Å². The predicted octanol–water partition coefficient (Wildman–Crippen LogP) is 4.23. The number of amides is 2. The Hall–Kier alpha value is -2.36. The van der Waals surface area contributed by atoms with E-state index in [9.17, 15) is 22.4 Å². The van der Waals surface area contributed by atoms with E-state index in [1.165, 1.54) is 30.0 Å². The summed E-state index contributed by atoms with van der Waals surface area (Å²) in [4.78, 5) is 27.4. The molecule has 0 fully saturated rings. The molecule has 0 saturated heterocycles. The predicted molar refractivity (Wildman–Crippen MR) is 133 cm³/mol. The van der Waals surface area contributed by atoms with Gasteiger partial charge in [-0.15, -0.1) is 0 Å². The van der Waals surface area contributed by atoms with Crippen molar-refractivity contribution in [3.8, 4) is 0 Å². The van der Waals surface area contributed by atoms with Crippen LogP contribution in [0.5, 0.6) is 0 Å². The van der Waals surface area contributed by atoms with E-state index < -0.39 is 40.2 Å². The highest BCUT2D eigenvalue weighted by molar-refractivity contribution is 7.92. The van der Waals surface area contributed by atoms with E-state index in [0.717, 1.165) is 25.2 Å². The third-order valence-electron chi connectivity index (χ3n) is 5.19. The number of benzene rings is 2. The fourth-order valence-corrected chi connectivity index (χ4v) is 4.59. The van der Waals surface area contributed by atoms with E-state index in [0.29, 0.717) is 16.4 Å². The molecule has 186 valence electrons. The Kier molecular flexibility index (Phi) is 10.1. The zero-order valence-electron chi connectivity index (χ0n) is 19.2. The molecule has 0 saturated carbocycles. The molecule has 0 aliphatic heterocycles. The summed E-state index contributed by atoms with van der Waals surface area (Å²) in [5, 5.41) is 3.35. The van der Waals surface area contributed by atoms with Gasteiger partial charge >= 0.3 is 0 Å². The Morgan fingerprint density at radius 1 is 1.09 bits per heavy atom. The first-order chi connectivity index (χ1) is 16.0. The molecule has 0 bridgehead atoms. The van der Waals surface area contributed by atoms with Crippen molar-refractivity contribution in [2.24, 2.45) is 0 Å². The number of anilines is 1. The highest BCUT2D eigenvalue weighted by Crippen LogP contribution is 2.27. The molecule has 0 spiro atoms. The van der Waals surface area contributed by atoms with Gasteiger partial charge in [0.25, 0.3) is 0 Å². The second-order valence-corrected chi connectivity index (χ2v) is 10.5. The number of rotatable bonds is 11. The molecule has 1 atom stereocenters. The zero-order chi connectivity index (χ0) is 25.5. The summed E-state index contributed by atoms with van der Waals surface area (Å²) in [6.07, 6.45) is 2.51. The average Bonchev–Trinajstić information content (AvgIpc) is 2.76. The summed E-state index contributed by atoms with van der Waals surface area (Å²) in [5.74, 6) is -1.93. The Labute approximate surface area is 209 Å². The van der Waals surface area contributed by atoms with E-state index in [1.807, 2.05) is 6.92 Å². The molecule has 0 aliphatic rings. The second kappa shape index (κ2) is 12.4. The Morgan fingerprint density at radius 3 is 2.26 bits per heavy atom. The number of carbonyl (C=O) groups is 2. The van der Waals surface area contributed by atoms with Gasteiger partial charge in [-0.3, -0.25) is 13.9 Å². The lowest BCUT2D eigenvalue weighted by atomic mass is 10.1. The number of hydrogen-bond donors (Lipinski definition) is 1. The van der Waals surface area contributed by atoms with E-state index >= 15 is 0 Å². The Balaban J connectivity index is 2.42. The molecule has 0 aliphatic carbocycles. The molecule has 7 nitrogen and oxygen atoms in total. The molecular weight excluding hydrogens is 504 g/mol. The lowest BCUT2D eigenvalue weighted by molar-refractivity contribution is -0.139. The zero-order valence-corrected chi connectivity index (χ0v) is 21.6. The molecular formula is C23H28Cl2FN3O4S. The maximum atomic E-state index is 14.4. The van der Waals surface area contributed by atoms with Crippen molar-refractivity contribution in [2.45, 2.75) is 39.3 Å². The van der Waals surface area contributed by atoms with Gasteiger partial charge in [0, 0.05) is 28.7 Å². The summed E-state index contributed by atoms with van der Waals surface area (Å²) in [7, 11) is -4.03. The van der Waals surface area contributed by atoms with Crippen molar-refractivity contribution in [2.75, 3.05) is 23.7 Å². The van der Waals surface area contributed by atoms with Crippen molar-refractivity contribution in [3.05, 3.63) is 63.9 Å². The summed E-state index contributed by atoms with van der Waals surface area (Å²) in [5.41, 5.74) is 0.137. The Morgan fingerprint density at radius 2 is 1.71 bits per heavy atom. The number of para-hydroxylation sites is 1. The van der Waals surface area contributed by atoms with Gasteiger partial charge in [-0.1, -0.05) is 54.7 Å². The molecule has 11 heteroatoms. The molecule has 2 amide bonds. The molecule has 0 aromatic heterocycles.